The molecule has 6 nitrogen and oxygen atoms in total. The van der Waals surface area contributed by atoms with E-state index in [0.717, 1.165) is 82.6 Å². The summed E-state index contributed by atoms with van der Waals surface area (Å²) in [4.78, 5) is 7.60. The summed E-state index contributed by atoms with van der Waals surface area (Å²) in [5, 5.41) is 4.48. The second-order valence-corrected chi connectivity index (χ2v) is 9.17. The highest BCUT2D eigenvalue weighted by Crippen LogP contribution is 2.39. The van der Waals surface area contributed by atoms with Gasteiger partial charge in [0.15, 0.2) is 5.82 Å². The first-order valence-electron chi connectivity index (χ1n) is 11.4. The van der Waals surface area contributed by atoms with Gasteiger partial charge in [-0.1, -0.05) is 24.4 Å². The molecule has 6 heteroatoms. The highest BCUT2D eigenvalue weighted by atomic mass is 16.5. The van der Waals surface area contributed by atoms with Crippen LogP contribution in [0.25, 0.3) is 0 Å². The van der Waals surface area contributed by atoms with Crippen LogP contribution in [0.4, 0.5) is 0 Å². The van der Waals surface area contributed by atoms with Gasteiger partial charge < -0.3 is 18.9 Å². The Morgan fingerprint density at radius 1 is 1.07 bits per heavy atom. The van der Waals surface area contributed by atoms with Crippen molar-refractivity contribution in [3.63, 3.8) is 0 Å². The summed E-state index contributed by atoms with van der Waals surface area (Å²) in [6, 6.07) is 0. The van der Waals surface area contributed by atoms with Crippen LogP contribution in [0.1, 0.15) is 81.8 Å². The van der Waals surface area contributed by atoms with E-state index < -0.39 is 0 Å². The molecule has 0 aromatic carbocycles. The predicted octanol–water partition coefficient (Wildman–Crippen LogP) is 3.91. The number of methoxy groups -OCH3 is 1. The zero-order chi connectivity index (χ0) is 19.2. The number of ether oxygens (including phenoxy) is 2. The minimum atomic E-state index is 0.00594. The van der Waals surface area contributed by atoms with Crippen LogP contribution in [0.5, 0.6) is 0 Å². The van der Waals surface area contributed by atoms with Crippen molar-refractivity contribution >= 4 is 0 Å². The lowest BCUT2D eigenvalue weighted by Crippen LogP contribution is -2.45. The third-order valence-corrected chi connectivity index (χ3v) is 7.33. The highest BCUT2D eigenvalue weighted by Gasteiger charge is 2.41. The Morgan fingerprint density at radius 3 is 2.54 bits per heavy atom. The highest BCUT2D eigenvalue weighted by molar-refractivity contribution is 5.11. The van der Waals surface area contributed by atoms with Crippen LogP contribution >= 0.6 is 0 Å². The zero-order valence-corrected chi connectivity index (χ0v) is 17.5. The van der Waals surface area contributed by atoms with E-state index in [0.29, 0.717) is 5.92 Å². The second kappa shape index (κ2) is 9.68. The summed E-state index contributed by atoms with van der Waals surface area (Å²) >= 11 is 0. The first-order valence-corrected chi connectivity index (χ1v) is 11.4. The molecule has 0 unspecified atom stereocenters. The summed E-state index contributed by atoms with van der Waals surface area (Å²) < 4.78 is 16.7. The Labute approximate surface area is 169 Å². The SMILES string of the molecule is COCCC1(c2noc(C3CCOCC3)n2)CCN(CC2CCCCC2)CC1. The molecule has 0 bridgehead atoms. The molecular formula is C22H37N3O3. The lowest BCUT2D eigenvalue weighted by Gasteiger charge is -2.41. The van der Waals surface area contributed by atoms with E-state index >= 15 is 0 Å². The van der Waals surface area contributed by atoms with Gasteiger partial charge in [-0.05, 0) is 64.0 Å². The van der Waals surface area contributed by atoms with Crippen LogP contribution < -0.4 is 0 Å². The van der Waals surface area contributed by atoms with E-state index in [-0.39, 0.29) is 5.41 Å². The van der Waals surface area contributed by atoms with Gasteiger partial charge in [-0.3, -0.25) is 0 Å². The van der Waals surface area contributed by atoms with Gasteiger partial charge in [-0.15, -0.1) is 0 Å². The average Bonchev–Trinajstić information content (AvgIpc) is 3.26. The Balaban J connectivity index is 1.40. The minimum absolute atomic E-state index is 0.00594. The maximum Gasteiger partial charge on any atom is 0.229 e. The van der Waals surface area contributed by atoms with E-state index in [1.165, 1.54) is 38.6 Å². The Kier molecular flexibility index (Phi) is 7.02. The van der Waals surface area contributed by atoms with Crippen molar-refractivity contribution in [3.05, 3.63) is 11.7 Å². The molecular weight excluding hydrogens is 354 g/mol. The molecule has 3 fully saturated rings. The van der Waals surface area contributed by atoms with Crippen molar-refractivity contribution in [3.8, 4) is 0 Å². The lowest BCUT2D eigenvalue weighted by atomic mass is 9.74. The molecule has 0 amide bonds. The maximum atomic E-state index is 5.74. The zero-order valence-electron chi connectivity index (χ0n) is 17.5. The smallest absolute Gasteiger partial charge is 0.229 e. The number of nitrogens with zero attached hydrogens (tertiary/aromatic N) is 3. The topological polar surface area (TPSA) is 60.6 Å². The van der Waals surface area contributed by atoms with Gasteiger partial charge in [0.05, 0.1) is 0 Å². The fourth-order valence-electron chi connectivity index (χ4n) is 5.34. The Hall–Kier alpha value is -0.980. The number of piperidine rings is 1. The van der Waals surface area contributed by atoms with E-state index in [9.17, 15) is 0 Å². The van der Waals surface area contributed by atoms with Crippen LogP contribution in [0, 0.1) is 5.92 Å². The average molecular weight is 392 g/mol. The fraction of sp³-hybridized carbons (Fsp3) is 0.909. The number of hydrogen-bond acceptors (Lipinski definition) is 6. The molecule has 1 saturated carbocycles. The van der Waals surface area contributed by atoms with E-state index in [2.05, 4.69) is 10.1 Å². The van der Waals surface area contributed by atoms with Crippen LogP contribution in [0.3, 0.4) is 0 Å². The van der Waals surface area contributed by atoms with Gasteiger partial charge in [-0.25, -0.2) is 0 Å². The van der Waals surface area contributed by atoms with Crippen LogP contribution in [-0.2, 0) is 14.9 Å². The van der Waals surface area contributed by atoms with E-state index in [1.54, 1.807) is 7.11 Å². The monoisotopic (exact) mass is 391 g/mol. The van der Waals surface area contributed by atoms with Crippen molar-refractivity contribution in [2.45, 2.75) is 75.5 Å². The van der Waals surface area contributed by atoms with Crippen molar-refractivity contribution in [2.24, 2.45) is 5.92 Å². The van der Waals surface area contributed by atoms with E-state index in [4.69, 9.17) is 19.0 Å². The molecule has 4 rings (SSSR count). The molecule has 0 atom stereocenters. The summed E-state index contributed by atoms with van der Waals surface area (Å²) in [6.45, 7) is 5.91. The van der Waals surface area contributed by atoms with Gasteiger partial charge in [0, 0.05) is 44.8 Å². The third-order valence-electron chi connectivity index (χ3n) is 7.33. The van der Waals surface area contributed by atoms with Crippen molar-refractivity contribution in [1.29, 1.82) is 0 Å². The van der Waals surface area contributed by atoms with Crippen LogP contribution in [0.2, 0.25) is 0 Å². The normalized spacial score (nSPS) is 25.2. The molecule has 0 radical (unpaired) electrons. The molecule has 28 heavy (non-hydrogen) atoms. The van der Waals surface area contributed by atoms with Crippen LogP contribution in [0.15, 0.2) is 4.52 Å². The second-order valence-electron chi connectivity index (χ2n) is 9.17. The molecule has 1 aromatic rings. The van der Waals surface area contributed by atoms with Crippen molar-refractivity contribution in [2.75, 3.05) is 46.6 Å². The molecule has 0 N–H and O–H groups in total. The number of hydrogen-bond donors (Lipinski definition) is 0. The van der Waals surface area contributed by atoms with Gasteiger partial charge in [0.2, 0.25) is 5.89 Å². The first-order chi connectivity index (χ1) is 13.8. The third kappa shape index (κ3) is 4.77. The number of rotatable bonds is 7. The van der Waals surface area contributed by atoms with E-state index in [1.807, 2.05) is 0 Å². The quantitative estimate of drug-likeness (QED) is 0.702. The molecule has 3 heterocycles. The summed E-state index contributed by atoms with van der Waals surface area (Å²) in [5.74, 6) is 3.01. The Bertz CT molecular complexity index is 586. The molecule has 2 saturated heterocycles. The first kappa shape index (κ1) is 20.3. The minimum Gasteiger partial charge on any atom is -0.385 e. The summed E-state index contributed by atoms with van der Waals surface area (Å²) in [7, 11) is 1.79. The van der Waals surface area contributed by atoms with Gasteiger partial charge in [0.25, 0.3) is 0 Å². The predicted molar refractivity (Wildman–Crippen MR) is 108 cm³/mol. The number of likely N-dealkylation sites (tertiary alicyclic amines) is 1. The maximum absolute atomic E-state index is 5.74. The molecule has 2 aliphatic heterocycles. The molecule has 1 aromatic heterocycles. The largest absolute Gasteiger partial charge is 0.385 e. The lowest BCUT2D eigenvalue weighted by molar-refractivity contribution is 0.0778. The van der Waals surface area contributed by atoms with Gasteiger partial charge >= 0.3 is 0 Å². The fourth-order valence-corrected chi connectivity index (χ4v) is 5.34. The molecule has 158 valence electrons. The summed E-state index contributed by atoms with van der Waals surface area (Å²) in [6.07, 6.45) is 12.3. The molecule has 1 aliphatic carbocycles. The molecule has 3 aliphatic rings. The number of aromatic nitrogens is 2. The van der Waals surface area contributed by atoms with Crippen molar-refractivity contribution < 1.29 is 14.0 Å². The summed E-state index contributed by atoms with van der Waals surface area (Å²) in [5.41, 5.74) is 0.00594. The standard InChI is InChI=1S/C22H37N3O3/c1-26-16-11-22(21-23-20(28-24-21)19-7-14-27-15-8-19)9-12-25(13-10-22)17-18-5-3-2-4-6-18/h18-19H,2-17H2,1H3. The van der Waals surface area contributed by atoms with Crippen molar-refractivity contribution in [1.82, 2.24) is 15.0 Å². The van der Waals surface area contributed by atoms with Gasteiger partial charge in [-0.2, -0.15) is 4.98 Å². The Morgan fingerprint density at radius 2 is 1.82 bits per heavy atom. The van der Waals surface area contributed by atoms with Crippen LogP contribution in [-0.4, -0.2) is 61.6 Å². The van der Waals surface area contributed by atoms with Gasteiger partial charge in [0.1, 0.15) is 0 Å². The molecule has 0 spiro atoms.